The normalized spacial score (nSPS) is 15.5. The number of nitrogens with one attached hydrogen (secondary N) is 3. The lowest BCUT2D eigenvalue weighted by molar-refractivity contribution is -0.136. The molecular weight excluding hydrogens is 394 g/mol. The van der Waals surface area contributed by atoms with E-state index >= 15 is 0 Å². The number of hydrogen-bond acceptors (Lipinski definition) is 4. The zero-order chi connectivity index (χ0) is 22.2. The Balaban J connectivity index is 1.63. The predicted molar refractivity (Wildman–Crippen MR) is 121 cm³/mol. The largest absolute Gasteiger partial charge is 0.353 e. The summed E-state index contributed by atoms with van der Waals surface area (Å²) in [6.45, 7) is 3.73. The fourth-order valence-electron chi connectivity index (χ4n) is 3.98. The minimum atomic E-state index is -0.735. The van der Waals surface area contributed by atoms with E-state index in [2.05, 4.69) is 31.5 Å². The molecular formula is C23H31N5O3. The second-order valence-electron chi connectivity index (χ2n) is 7.94. The molecule has 2 heterocycles. The third-order valence-corrected chi connectivity index (χ3v) is 5.51. The highest BCUT2D eigenvalue weighted by Gasteiger charge is 2.25. The van der Waals surface area contributed by atoms with Gasteiger partial charge in [-0.2, -0.15) is 0 Å². The molecule has 1 aromatic carbocycles. The van der Waals surface area contributed by atoms with E-state index in [0.29, 0.717) is 17.9 Å². The highest BCUT2D eigenvalue weighted by atomic mass is 16.2. The van der Waals surface area contributed by atoms with Gasteiger partial charge in [-0.05, 0) is 56.3 Å². The van der Waals surface area contributed by atoms with E-state index < -0.39 is 11.8 Å². The maximum atomic E-state index is 12.5. The van der Waals surface area contributed by atoms with Crippen LogP contribution in [-0.4, -0.2) is 46.8 Å². The second kappa shape index (κ2) is 10.8. The number of likely N-dealkylation sites (tertiary alicyclic amines) is 1. The summed E-state index contributed by atoms with van der Waals surface area (Å²) >= 11 is 0. The van der Waals surface area contributed by atoms with Gasteiger partial charge in [0.15, 0.2) is 0 Å². The van der Waals surface area contributed by atoms with E-state index in [1.54, 1.807) is 24.3 Å². The molecule has 1 aromatic heterocycles. The van der Waals surface area contributed by atoms with Crippen molar-refractivity contribution in [2.24, 2.45) is 7.05 Å². The molecule has 1 aliphatic heterocycles. The van der Waals surface area contributed by atoms with E-state index in [1.165, 1.54) is 19.8 Å². The Morgan fingerprint density at radius 1 is 0.935 bits per heavy atom. The van der Waals surface area contributed by atoms with Crippen molar-refractivity contribution in [3.63, 3.8) is 0 Å². The molecule has 31 heavy (non-hydrogen) atoms. The number of hydrogen-bond donors (Lipinski definition) is 3. The molecule has 2 aromatic rings. The van der Waals surface area contributed by atoms with Crippen LogP contribution in [0.3, 0.4) is 0 Å². The third-order valence-electron chi connectivity index (χ3n) is 5.51. The van der Waals surface area contributed by atoms with Gasteiger partial charge in [-0.3, -0.25) is 19.3 Å². The lowest BCUT2D eigenvalue weighted by atomic mass is 10.1. The Labute approximate surface area is 183 Å². The summed E-state index contributed by atoms with van der Waals surface area (Å²) in [4.78, 5) is 38.5. The first kappa shape index (κ1) is 22.6. The van der Waals surface area contributed by atoms with E-state index in [4.69, 9.17) is 0 Å². The summed E-state index contributed by atoms with van der Waals surface area (Å²) in [5.41, 5.74) is 2.11. The maximum absolute atomic E-state index is 12.5. The lowest BCUT2D eigenvalue weighted by Crippen LogP contribution is -2.42. The molecule has 1 fully saturated rings. The van der Waals surface area contributed by atoms with Crippen molar-refractivity contribution < 1.29 is 14.4 Å². The molecule has 3 amide bonds. The van der Waals surface area contributed by atoms with Gasteiger partial charge in [0.25, 0.3) is 0 Å². The molecule has 8 heteroatoms. The van der Waals surface area contributed by atoms with Crippen LogP contribution in [-0.2, 0) is 21.4 Å². The number of benzene rings is 1. The summed E-state index contributed by atoms with van der Waals surface area (Å²) in [6.07, 6.45) is 6.72. The average Bonchev–Trinajstić information content (AvgIpc) is 2.98. The molecule has 1 aliphatic rings. The number of rotatable bonds is 6. The van der Waals surface area contributed by atoms with E-state index in [1.807, 2.05) is 19.3 Å². The summed E-state index contributed by atoms with van der Waals surface area (Å²) in [6, 6.07) is 10.8. The molecule has 1 unspecified atom stereocenters. The van der Waals surface area contributed by atoms with Gasteiger partial charge in [-0.15, -0.1) is 0 Å². The Bertz CT molecular complexity index is 915. The Kier molecular flexibility index (Phi) is 7.83. The quantitative estimate of drug-likeness (QED) is 0.620. The SMILES string of the molecule is CC(=O)Nc1cccc(NC(=O)C(=O)NCC(c2cccn2C)N2CCCCCC2)c1. The smallest absolute Gasteiger partial charge is 0.313 e. The summed E-state index contributed by atoms with van der Waals surface area (Å²) in [7, 11) is 2.00. The van der Waals surface area contributed by atoms with Crippen LogP contribution in [0.2, 0.25) is 0 Å². The Morgan fingerprint density at radius 2 is 1.61 bits per heavy atom. The van der Waals surface area contributed by atoms with Crippen molar-refractivity contribution in [3.8, 4) is 0 Å². The van der Waals surface area contributed by atoms with Crippen LogP contribution < -0.4 is 16.0 Å². The average molecular weight is 426 g/mol. The molecule has 1 atom stereocenters. The van der Waals surface area contributed by atoms with Crippen LogP contribution in [0, 0.1) is 0 Å². The highest BCUT2D eigenvalue weighted by molar-refractivity contribution is 6.39. The molecule has 0 aliphatic carbocycles. The molecule has 0 spiro atoms. The Morgan fingerprint density at radius 3 is 2.23 bits per heavy atom. The monoisotopic (exact) mass is 425 g/mol. The van der Waals surface area contributed by atoms with Crippen LogP contribution >= 0.6 is 0 Å². The molecule has 8 nitrogen and oxygen atoms in total. The van der Waals surface area contributed by atoms with Crippen molar-refractivity contribution in [2.45, 2.75) is 38.6 Å². The zero-order valence-corrected chi connectivity index (χ0v) is 18.2. The molecule has 1 saturated heterocycles. The summed E-state index contributed by atoms with van der Waals surface area (Å²) in [5.74, 6) is -1.62. The molecule has 0 saturated carbocycles. The van der Waals surface area contributed by atoms with Crippen molar-refractivity contribution in [2.75, 3.05) is 30.3 Å². The number of anilines is 2. The van der Waals surface area contributed by atoms with Crippen LogP contribution in [0.25, 0.3) is 0 Å². The number of aromatic nitrogens is 1. The molecule has 0 bridgehead atoms. The summed E-state index contributed by atoms with van der Waals surface area (Å²) < 4.78 is 2.06. The fraction of sp³-hybridized carbons (Fsp3) is 0.435. The van der Waals surface area contributed by atoms with Gasteiger partial charge in [-0.25, -0.2) is 0 Å². The zero-order valence-electron chi connectivity index (χ0n) is 18.2. The number of amides is 3. The third kappa shape index (κ3) is 6.42. The van der Waals surface area contributed by atoms with E-state index in [9.17, 15) is 14.4 Å². The molecule has 3 N–H and O–H groups in total. The van der Waals surface area contributed by atoms with Crippen molar-refractivity contribution >= 4 is 29.1 Å². The first-order chi connectivity index (χ1) is 14.9. The minimum Gasteiger partial charge on any atom is -0.353 e. The van der Waals surface area contributed by atoms with Crippen molar-refractivity contribution in [1.82, 2.24) is 14.8 Å². The standard InChI is InChI=1S/C23H31N5O3/c1-17(29)25-18-9-7-10-19(15-18)26-23(31)22(30)24-16-21(20-11-8-12-27(20)2)28-13-5-3-4-6-14-28/h7-12,15,21H,3-6,13-14,16H2,1-2H3,(H,24,30)(H,25,29)(H,26,31). The highest BCUT2D eigenvalue weighted by Crippen LogP contribution is 2.24. The second-order valence-corrected chi connectivity index (χ2v) is 7.94. The maximum Gasteiger partial charge on any atom is 0.313 e. The Hall–Kier alpha value is -3.13. The van der Waals surface area contributed by atoms with E-state index in [0.717, 1.165) is 31.6 Å². The summed E-state index contributed by atoms with van der Waals surface area (Å²) in [5, 5.41) is 8.05. The van der Waals surface area contributed by atoms with Gasteiger partial charge >= 0.3 is 11.8 Å². The minimum absolute atomic E-state index is 0.0120. The van der Waals surface area contributed by atoms with E-state index in [-0.39, 0.29) is 11.9 Å². The number of nitrogens with zero attached hydrogens (tertiary/aromatic N) is 2. The fourth-order valence-corrected chi connectivity index (χ4v) is 3.98. The van der Waals surface area contributed by atoms with Crippen LogP contribution in [0.5, 0.6) is 0 Å². The van der Waals surface area contributed by atoms with Crippen LogP contribution in [0.15, 0.2) is 42.6 Å². The number of carbonyl (C=O) groups is 3. The van der Waals surface area contributed by atoms with Gasteiger partial charge in [0.05, 0.1) is 6.04 Å². The van der Waals surface area contributed by atoms with Crippen molar-refractivity contribution in [3.05, 3.63) is 48.3 Å². The lowest BCUT2D eigenvalue weighted by Gasteiger charge is -2.31. The first-order valence-electron chi connectivity index (χ1n) is 10.8. The van der Waals surface area contributed by atoms with Crippen LogP contribution in [0.4, 0.5) is 11.4 Å². The van der Waals surface area contributed by atoms with Gasteiger partial charge in [0, 0.05) is 43.8 Å². The van der Waals surface area contributed by atoms with Gasteiger partial charge in [0.1, 0.15) is 0 Å². The molecule has 0 radical (unpaired) electrons. The van der Waals surface area contributed by atoms with Crippen molar-refractivity contribution in [1.29, 1.82) is 0 Å². The first-order valence-corrected chi connectivity index (χ1v) is 10.8. The topological polar surface area (TPSA) is 95.5 Å². The molecule has 166 valence electrons. The van der Waals surface area contributed by atoms with Gasteiger partial charge in [-0.1, -0.05) is 18.9 Å². The van der Waals surface area contributed by atoms with Gasteiger partial charge in [0.2, 0.25) is 5.91 Å². The molecule has 3 rings (SSSR count). The van der Waals surface area contributed by atoms with Crippen LogP contribution in [0.1, 0.15) is 44.3 Å². The van der Waals surface area contributed by atoms with Gasteiger partial charge < -0.3 is 20.5 Å². The number of aryl methyl sites for hydroxylation is 1. The number of carbonyl (C=O) groups excluding carboxylic acids is 3. The predicted octanol–water partition coefficient (Wildman–Crippen LogP) is 2.66.